The van der Waals surface area contributed by atoms with Gasteiger partial charge in [-0.05, 0) is 51.9 Å². The van der Waals surface area contributed by atoms with Gasteiger partial charge < -0.3 is 10.6 Å². The molecule has 0 saturated heterocycles. The Bertz CT molecular complexity index is 249. The minimum absolute atomic E-state index is 1.09. The first-order valence-corrected chi connectivity index (χ1v) is 5.51. The van der Waals surface area contributed by atoms with Crippen LogP contribution in [-0.4, -0.2) is 20.6 Å². The Balaban J connectivity index is 0.000000583. The van der Waals surface area contributed by atoms with Crippen molar-refractivity contribution >= 4 is 0 Å². The molecule has 0 aromatic heterocycles. The first kappa shape index (κ1) is 14.0. The van der Waals surface area contributed by atoms with Crippen LogP contribution in [0.4, 0.5) is 0 Å². The molecule has 1 rings (SSSR count). The third-order valence-electron chi connectivity index (χ3n) is 2.04. The maximum absolute atomic E-state index is 3.96. The molecule has 1 heterocycles. The van der Waals surface area contributed by atoms with Gasteiger partial charge in [0.2, 0.25) is 0 Å². The van der Waals surface area contributed by atoms with Crippen molar-refractivity contribution in [2.75, 3.05) is 20.6 Å². The monoisotopic (exact) mass is 208 g/mol. The predicted molar refractivity (Wildman–Crippen MR) is 68.9 cm³/mol. The summed E-state index contributed by atoms with van der Waals surface area (Å²) in [4.78, 5) is 0. The van der Waals surface area contributed by atoms with Gasteiger partial charge in [0.1, 0.15) is 0 Å². The van der Waals surface area contributed by atoms with Crippen molar-refractivity contribution in [1.29, 1.82) is 0 Å². The SMILES string of the molecule is C=C(C)C1=C(/C=C\C)CCCN1.CNC. The van der Waals surface area contributed by atoms with Gasteiger partial charge in [0.25, 0.3) is 0 Å². The normalized spacial score (nSPS) is 15.7. The van der Waals surface area contributed by atoms with Crippen LogP contribution in [0.1, 0.15) is 26.7 Å². The molecule has 0 fully saturated rings. The van der Waals surface area contributed by atoms with Crippen LogP contribution in [-0.2, 0) is 0 Å². The van der Waals surface area contributed by atoms with Gasteiger partial charge in [-0.2, -0.15) is 0 Å². The van der Waals surface area contributed by atoms with E-state index in [2.05, 4.69) is 43.2 Å². The van der Waals surface area contributed by atoms with Crippen LogP contribution in [0.3, 0.4) is 0 Å². The smallest absolute Gasteiger partial charge is 0.0396 e. The van der Waals surface area contributed by atoms with Crippen LogP contribution in [0.25, 0.3) is 0 Å². The van der Waals surface area contributed by atoms with Crippen molar-refractivity contribution in [3.05, 3.63) is 35.6 Å². The van der Waals surface area contributed by atoms with Crippen molar-refractivity contribution in [3.8, 4) is 0 Å². The third-order valence-corrected chi connectivity index (χ3v) is 2.04. The average Bonchev–Trinajstić information content (AvgIpc) is 2.20. The largest absolute Gasteiger partial charge is 0.385 e. The Morgan fingerprint density at radius 3 is 2.53 bits per heavy atom. The van der Waals surface area contributed by atoms with Crippen molar-refractivity contribution in [3.63, 3.8) is 0 Å². The van der Waals surface area contributed by atoms with Gasteiger partial charge in [-0.1, -0.05) is 18.7 Å². The minimum atomic E-state index is 1.09. The molecular weight excluding hydrogens is 184 g/mol. The molecule has 0 atom stereocenters. The second-order valence-corrected chi connectivity index (χ2v) is 3.71. The second kappa shape index (κ2) is 8.30. The quantitative estimate of drug-likeness (QED) is 0.729. The average molecular weight is 208 g/mol. The summed E-state index contributed by atoms with van der Waals surface area (Å²) in [6, 6.07) is 0. The Morgan fingerprint density at radius 2 is 2.07 bits per heavy atom. The molecule has 0 aromatic carbocycles. The number of hydrogen-bond donors (Lipinski definition) is 2. The Labute approximate surface area is 94.1 Å². The highest BCUT2D eigenvalue weighted by Crippen LogP contribution is 2.20. The fourth-order valence-electron chi connectivity index (χ4n) is 1.52. The van der Waals surface area contributed by atoms with Crippen LogP contribution in [0.2, 0.25) is 0 Å². The van der Waals surface area contributed by atoms with Crippen molar-refractivity contribution in [2.24, 2.45) is 0 Å². The Morgan fingerprint density at radius 1 is 1.47 bits per heavy atom. The second-order valence-electron chi connectivity index (χ2n) is 3.71. The van der Waals surface area contributed by atoms with Gasteiger partial charge in [0.05, 0.1) is 0 Å². The summed E-state index contributed by atoms with van der Waals surface area (Å²) in [5.41, 5.74) is 3.79. The molecule has 86 valence electrons. The predicted octanol–water partition coefficient (Wildman–Crippen LogP) is 2.61. The molecule has 0 aliphatic carbocycles. The molecule has 0 unspecified atom stereocenters. The molecule has 0 bridgehead atoms. The number of hydrogen-bond acceptors (Lipinski definition) is 2. The van der Waals surface area contributed by atoms with E-state index in [1.54, 1.807) is 0 Å². The summed E-state index contributed by atoms with van der Waals surface area (Å²) in [6.07, 6.45) is 6.68. The van der Waals surface area contributed by atoms with E-state index in [-0.39, 0.29) is 0 Å². The topological polar surface area (TPSA) is 24.1 Å². The lowest BCUT2D eigenvalue weighted by atomic mass is 10.00. The molecule has 0 radical (unpaired) electrons. The molecule has 2 heteroatoms. The van der Waals surface area contributed by atoms with E-state index in [1.807, 2.05) is 14.1 Å². The highest BCUT2D eigenvalue weighted by molar-refractivity contribution is 5.37. The summed E-state index contributed by atoms with van der Waals surface area (Å²) in [5.74, 6) is 0. The number of rotatable bonds is 2. The van der Waals surface area contributed by atoms with E-state index in [1.165, 1.54) is 24.1 Å². The molecule has 2 nitrogen and oxygen atoms in total. The minimum Gasteiger partial charge on any atom is -0.385 e. The van der Waals surface area contributed by atoms with Crippen molar-refractivity contribution in [2.45, 2.75) is 26.7 Å². The summed E-state index contributed by atoms with van der Waals surface area (Å²) in [7, 11) is 3.75. The molecule has 2 N–H and O–H groups in total. The zero-order valence-electron chi connectivity index (χ0n) is 10.5. The maximum atomic E-state index is 3.96. The van der Waals surface area contributed by atoms with Crippen LogP contribution in [0.15, 0.2) is 35.6 Å². The van der Waals surface area contributed by atoms with Gasteiger partial charge in [0.15, 0.2) is 0 Å². The van der Waals surface area contributed by atoms with E-state index < -0.39 is 0 Å². The molecule has 15 heavy (non-hydrogen) atoms. The molecule has 0 aromatic rings. The zero-order chi connectivity index (χ0) is 11.7. The van der Waals surface area contributed by atoms with Crippen molar-refractivity contribution in [1.82, 2.24) is 10.6 Å². The Kier molecular flexibility index (Phi) is 7.74. The Hall–Kier alpha value is -1.02. The molecule has 0 amide bonds. The fraction of sp³-hybridized carbons (Fsp3) is 0.538. The van der Waals surface area contributed by atoms with E-state index in [9.17, 15) is 0 Å². The first-order chi connectivity index (χ1) is 7.17. The zero-order valence-corrected chi connectivity index (χ0v) is 10.5. The van der Waals surface area contributed by atoms with Gasteiger partial charge in [-0.25, -0.2) is 0 Å². The van der Waals surface area contributed by atoms with Gasteiger partial charge in [-0.3, -0.25) is 0 Å². The molecule has 0 saturated carbocycles. The molecule has 1 aliphatic rings. The van der Waals surface area contributed by atoms with Crippen LogP contribution < -0.4 is 10.6 Å². The summed E-state index contributed by atoms with van der Waals surface area (Å²) in [6.45, 7) is 9.15. The molecule has 0 spiro atoms. The van der Waals surface area contributed by atoms with Crippen LogP contribution >= 0.6 is 0 Å². The van der Waals surface area contributed by atoms with Gasteiger partial charge in [-0.15, -0.1) is 0 Å². The summed E-state index contributed by atoms with van der Waals surface area (Å²) in [5, 5.41) is 6.13. The lowest BCUT2D eigenvalue weighted by Gasteiger charge is -2.20. The summed E-state index contributed by atoms with van der Waals surface area (Å²) >= 11 is 0. The first-order valence-electron chi connectivity index (χ1n) is 5.51. The third kappa shape index (κ3) is 5.43. The van der Waals surface area contributed by atoms with E-state index in [0.29, 0.717) is 0 Å². The van der Waals surface area contributed by atoms with Crippen LogP contribution in [0, 0.1) is 0 Å². The summed E-state index contributed by atoms with van der Waals surface area (Å²) < 4.78 is 0. The fourth-order valence-corrected chi connectivity index (χ4v) is 1.52. The molecule has 1 aliphatic heterocycles. The van der Waals surface area contributed by atoms with E-state index in [4.69, 9.17) is 0 Å². The highest BCUT2D eigenvalue weighted by Gasteiger charge is 2.09. The van der Waals surface area contributed by atoms with Gasteiger partial charge >= 0.3 is 0 Å². The van der Waals surface area contributed by atoms with E-state index >= 15 is 0 Å². The standard InChI is InChI=1S/C11H17N.C2H7N/c1-4-6-10-7-5-8-12-11(10)9(2)3;1-3-2/h4,6,12H,2,5,7-8H2,1,3H3;3H,1-2H3/b6-4-;. The number of nitrogens with one attached hydrogen (secondary N) is 2. The van der Waals surface area contributed by atoms with Gasteiger partial charge in [0, 0.05) is 12.2 Å². The van der Waals surface area contributed by atoms with E-state index in [0.717, 1.165) is 12.1 Å². The highest BCUT2D eigenvalue weighted by atomic mass is 14.9. The number of allylic oxidation sites excluding steroid dienone is 4. The lowest BCUT2D eigenvalue weighted by molar-refractivity contribution is 0.678. The lowest BCUT2D eigenvalue weighted by Crippen LogP contribution is -2.21. The van der Waals surface area contributed by atoms with Crippen molar-refractivity contribution < 1.29 is 0 Å². The molecular formula is C13H24N2. The van der Waals surface area contributed by atoms with Crippen LogP contribution in [0.5, 0.6) is 0 Å². The maximum Gasteiger partial charge on any atom is 0.0396 e.